The van der Waals surface area contributed by atoms with Gasteiger partial charge in [0.15, 0.2) is 0 Å². The van der Waals surface area contributed by atoms with Gasteiger partial charge in [0.25, 0.3) is 0 Å². The Balaban J connectivity index is 2.86. The molecule has 2 atom stereocenters. The minimum absolute atomic E-state index is 0.0361. The van der Waals surface area contributed by atoms with Crippen molar-refractivity contribution in [3.8, 4) is 0 Å². The van der Waals surface area contributed by atoms with Crippen molar-refractivity contribution in [2.45, 2.75) is 59.9 Å². The largest absolute Gasteiger partial charge is 0.215 e. The quantitative estimate of drug-likeness (QED) is 0.724. The van der Waals surface area contributed by atoms with E-state index >= 15 is 0 Å². The van der Waals surface area contributed by atoms with E-state index in [2.05, 4.69) is 23.3 Å². The van der Waals surface area contributed by atoms with Gasteiger partial charge >= 0.3 is 0 Å². The van der Waals surface area contributed by atoms with E-state index in [9.17, 15) is 16.8 Å². The molecule has 8 heteroatoms. The lowest BCUT2D eigenvalue weighted by Gasteiger charge is -2.46. The first-order valence-corrected chi connectivity index (χ1v) is 11.1. The lowest BCUT2D eigenvalue weighted by Crippen LogP contribution is -2.50. The molecule has 22 heavy (non-hydrogen) atoms. The summed E-state index contributed by atoms with van der Waals surface area (Å²) in [6, 6.07) is -0.148. The lowest BCUT2D eigenvalue weighted by atomic mass is 9.63. The van der Waals surface area contributed by atoms with Crippen LogP contribution in [0.4, 0.5) is 0 Å². The molecule has 0 aliphatic heterocycles. The maximum atomic E-state index is 11.8. The van der Waals surface area contributed by atoms with Crippen LogP contribution in [0, 0.1) is 10.8 Å². The van der Waals surface area contributed by atoms with Crippen molar-refractivity contribution in [3.05, 3.63) is 0 Å². The number of nitrogens with one attached hydrogen (secondary N) is 2. The van der Waals surface area contributed by atoms with Gasteiger partial charge in [-0.2, -0.15) is 0 Å². The van der Waals surface area contributed by atoms with Gasteiger partial charge < -0.3 is 0 Å². The van der Waals surface area contributed by atoms with E-state index in [1.165, 1.54) is 0 Å². The number of hydrogen-bond acceptors (Lipinski definition) is 4. The normalized spacial score (nSPS) is 29.4. The Labute approximate surface area is 135 Å². The monoisotopic (exact) mass is 354 g/mol. The summed E-state index contributed by atoms with van der Waals surface area (Å²) in [5, 5.41) is 0. The molecule has 0 amide bonds. The lowest BCUT2D eigenvalue weighted by molar-refractivity contribution is 0.0821. The van der Waals surface area contributed by atoms with Crippen LogP contribution in [0.25, 0.3) is 0 Å². The molecule has 0 radical (unpaired) electrons. The minimum Gasteiger partial charge on any atom is -0.215 e. The SMILES string of the molecule is CCS(=O)(=O)NCC1(C)CC(NS(=O)(=O)CC)CC(C)(C)C1. The van der Waals surface area contributed by atoms with E-state index in [1.807, 2.05) is 6.92 Å². The molecule has 0 saturated heterocycles. The standard InChI is InChI=1S/C14H30N2O4S2/c1-6-21(17,18)15-11-14(5)9-12(8-13(3,4)10-14)16-22(19,20)7-2/h12,15-16H,6-11H2,1-5H3. The van der Waals surface area contributed by atoms with Crippen LogP contribution in [0.5, 0.6) is 0 Å². The van der Waals surface area contributed by atoms with Crippen molar-refractivity contribution in [1.82, 2.24) is 9.44 Å². The fourth-order valence-electron chi connectivity index (χ4n) is 3.58. The van der Waals surface area contributed by atoms with Crippen LogP contribution in [0.2, 0.25) is 0 Å². The van der Waals surface area contributed by atoms with Crippen LogP contribution in [0.1, 0.15) is 53.9 Å². The highest BCUT2D eigenvalue weighted by Gasteiger charge is 2.42. The zero-order valence-electron chi connectivity index (χ0n) is 14.3. The third kappa shape index (κ3) is 6.14. The van der Waals surface area contributed by atoms with Crippen molar-refractivity contribution >= 4 is 20.0 Å². The summed E-state index contributed by atoms with van der Waals surface area (Å²) in [6.45, 7) is 9.80. The van der Waals surface area contributed by atoms with Crippen LogP contribution in [-0.4, -0.2) is 40.9 Å². The Morgan fingerprint density at radius 3 is 2.00 bits per heavy atom. The molecule has 1 aliphatic rings. The summed E-state index contributed by atoms with van der Waals surface area (Å²) < 4.78 is 52.4. The topological polar surface area (TPSA) is 92.3 Å². The summed E-state index contributed by atoms with van der Waals surface area (Å²) in [5.41, 5.74) is -0.295. The zero-order chi connectivity index (χ0) is 17.2. The number of sulfonamides is 2. The third-order valence-electron chi connectivity index (χ3n) is 4.27. The second kappa shape index (κ2) is 6.75. The molecule has 1 rings (SSSR count). The van der Waals surface area contributed by atoms with Crippen LogP contribution in [-0.2, 0) is 20.0 Å². The minimum atomic E-state index is -3.26. The van der Waals surface area contributed by atoms with E-state index in [0.717, 1.165) is 12.8 Å². The van der Waals surface area contributed by atoms with Crippen molar-refractivity contribution in [1.29, 1.82) is 0 Å². The van der Waals surface area contributed by atoms with Gasteiger partial charge in [0.2, 0.25) is 20.0 Å². The smallest absolute Gasteiger partial charge is 0.211 e. The number of rotatable bonds is 7. The summed E-state index contributed by atoms with van der Waals surface area (Å²) in [5.74, 6) is 0.113. The molecule has 1 aliphatic carbocycles. The van der Waals surface area contributed by atoms with Crippen LogP contribution < -0.4 is 9.44 Å². The Morgan fingerprint density at radius 2 is 1.50 bits per heavy atom. The van der Waals surface area contributed by atoms with Gasteiger partial charge in [-0.05, 0) is 43.9 Å². The molecule has 0 aromatic rings. The van der Waals surface area contributed by atoms with E-state index < -0.39 is 20.0 Å². The summed E-state index contributed by atoms with van der Waals surface area (Å²) in [4.78, 5) is 0. The van der Waals surface area contributed by atoms with Crippen molar-refractivity contribution in [2.24, 2.45) is 10.8 Å². The Hall–Kier alpha value is -0.180. The predicted octanol–water partition coefficient (Wildman–Crippen LogP) is 1.45. The first-order valence-electron chi connectivity index (χ1n) is 7.79. The van der Waals surface area contributed by atoms with Gasteiger partial charge in [0.05, 0.1) is 11.5 Å². The molecular formula is C14H30N2O4S2. The zero-order valence-corrected chi connectivity index (χ0v) is 15.9. The predicted molar refractivity (Wildman–Crippen MR) is 89.6 cm³/mol. The number of hydrogen-bond donors (Lipinski definition) is 2. The van der Waals surface area contributed by atoms with Crippen LogP contribution in [0.15, 0.2) is 0 Å². The fraction of sp³-hybridized carbons (Fsp3) is 1.00. The second-order valence-corrected chi connectivity index (χ2v) is 11.6. The highest BCUT2D eigenvalue weighted by molar-refractivity contribution is 7.89. The summed E-state index contributed by atoms with van der Waals surface area (Å²) >= 11 is 0. The van der Waals surface area contributed by atoms with Gasteiger partial charge in [0, 0.05) is 12.6 Å². The van der Waals surface area contributed by atoms with E-state index in [-0.39, 0.29) is 28.4 Å². The van der Waals surface area contributed by atoms with Gasteiger partial charge in [-0.1, -0.05) is 20.8 Å². The molecule has 1 fully saturated rings. The maximum Gasteiger partial charge on any atom is 0.211 e. The molecule has 0 heterocycles. The Morgan fingerprint density at radius 1 is 0.955 bits per heavy atom. The maximum absolute atomic E-state index is 11.8. The Bertz CT molecular complexity index is 584. The average molecular weight is 355 g/mol. The summed E-state index contributed by atoms with van der Waals surface area (Å²) in [6.07, 6.45) is 2.26. The van der Waals surface area contributed by atoms with E-state index in [0.29, 0.717) is 13.0 Å². The molecule has 0 bridgehead atoms. The molecule has 2 N–H and O–H groups in total. The Kier molecular flexibility index (Phi) is 6.09. The van der Waals surface area contributed by atoms with Gasteiger partial charge in [-0.3, -0.25) is 0 Å². The first kappa shape index (κ1) is 19.9. The average Bonchev–Trinajstić information content (AvgIpc) is 2.34. The van der Waals surface area contributed by atoms with Gasteiger partial charge in [-0.15, -0.1) is 0 Å². The van der Waals surface area contributed by atoms with E-state index in [1.54, 1.807) is 13.8 Å². The second-order valence-electron chi connectivity index (χ2n) is 7.50. The van der Waals surface area contributed by atoms with Crippen LogP contribution >= 0.6 is 0 Å². The molecule has 0 spiro atoms. The molecule has 1 saturated carbocycles. The molecule has 132 valence electrons. The summed E-state index contributed by atoms with van der Waals surface area (Å²) in [7, 11) is -6.50. The third-order valence-corrected chi connectivity index (χ3v) is 7.07. The van der Waals surface area contributed by atoms with E-state index in [4.69, 9.17) is 0 Å². The van der Waals surface area contributed by atoms with Crippen molar-refractivity contribution in [3.63, 3.8) is 0 Å². The van der Waals surface area contributed by atoms with Crippen LogP contribution in [0.3, 0.4) is 0 Å². The van der Waals surface area contributed by atoms with Gasteiger partial charge in [-0.25, -0.2) is 26.3 Å². The van der Waals surface area contributed by atoms with Gasteiger partial charge in [0.1, 0.15) is 0 Å². The van der Waals surface area contributed by atoms with Crippen molar-refractivity contribution in [2.75, 3.05) is 18.1 Å². The fourth-order valence-corrected chi connectivity index (χ4v) is 5.19. The molecule has 6 nitrogen and oxygen atoms in total. The first-order chi connectivity index (χ1) is 9.82. The molecule has 2 unspecified atom stereocenters. The molecule has 0 aromatic carbocycles. The van der Waals surface area contributed by atoms with Crippen molar-refractivity contribution < 1.29 is 16.8 Å². The highest BCUT2D eigenvalue weighted by atomic mass is 32.2. The highest BCUT2D eigenvalue weighted by Crippen LogP contribution is 2.46. The molecule has 0 aromatic heterocycles. The molecular weight excluding hydrogens is 324 g/mol.